The summed E-state index contributed by atoms with van der Waals surface area (Å²) in [6.07, 6.45) is 0.995. The lowest BCUT2D eigenvalue weighted by Gasteiger charge is -2.14. The Kier molecular flexibility index (Phi) is 3.65. The van der Waals surface area contributed by atoms with E-state index in [-0.39, 0.29) is 17.3 Å². The Labute approximate surface area is 131 Å². The summed E-state index contributed by atoms with van der Waals surface area (Å²) in [5, 5.41) is 16.6. The fraction of sp³-hybridized carbons (Fsp3) is 0.267. The summed E-state index contributed by atoms with van der Waals surface area (Å²) >= 11 is 0. The average Bonchev–Trinajstić information content (AvgIpc) is 2.55. The third kappa shape index (κ3) is 2.59. The van der Waals surface area contributed by atoms with Crippen LogP contribution in [0, 0.1) is 5.21 Å². The average molecular weight is 313 g/mol. The van der Waals surface area contributed by atoms with Gasteiger partial charge in [-0.25, -0.2) is 9.52 Å². The predicted octanol–water partition coefficient (Wildman–Crippen LogP) is -0.603. The molecule has 0 fully saturated rings. The number of hydrogen-bond acceptors (Lipinski definition) is 5. The van der Waals surface area contributed by atoms with Crippen LogP contribution < -0.4 is 16.0 Å². The summed E-state index contributed by atoms with van der Waals surface area (Å²) in [6.45, 7) is 0. The van der Waals surface area contributed by atoms with E-state index in [1.807, 2.05) is 30.3 Å². The molecular formula is C15H15N5O3. The molecule has 0 aromatic heterocycles. The highest BCUT2D eigenvalue weighted by Gasteiger charge is 2.26. The van der Waals surface area contributed by atoms with E-state index >= 15 is 0 Å². The second kappa shape index (κ2) is 5.64. The third-order valence-electron chi connectivity index (χ3n) is 3.70. The van der Waals surface area contributed by atoms with E-state index in [1.54, 1.807) is 7.05 Å². The molecule has 2 heterocycles. The first kappa shape index (κ1) is 14.9. The molecule has 8 heteroatoms. The smallest absolute Gasteiger partial charge is 0.352 e. The van der Waals surface area contributed by atoms with Gasteiger partial charge >= 0.3 is 17.1 Å². The number of rotatable bonds is 3. The Morgan fingerprint density at radius 2 is 1.83 bits per heavy atom. The second-order valence-electron chi connectivity index (χ2n) is 5.25. The van der Waals surface area contributed by atoms with Gasteiger partial charge in [-0.15, -0.1) is 0 Å². The van der Waals surface area contributed by atoms with Gasteiger partial charge in [0, 0.05) is 7.05 Å². The van der Waals surface area contributed by atoms with Gasteiger partial charge in [0.05, 0.1) is 18.6 Å². The monoisotopic (exact) mass is 313 g/mol. The van der Waals surface area contributed by atoms with E-state index in [2.05, 4.69) is 10.1 Å². The van der Waals surface area contributed by atoms with Crippen molar-refractivity contribution in [1.82, 2.24) is 19.3 Å². The minimum atomic E-state index is -0.711. The van der Waals surface area contributed by atoms with Crippen LogP contribution in [0.25, 0.3) is 11.5 Å². The van der Waals surface area contributed by atoms with Crippen LogP contribution in [-0.2, 0) is 26.9 Å². The molecule has 1 aromatic rings. The maximum atomic E-state index is 12.5. The number of hydrogen-bond donors (Lipinski definition) is 0. The van der Waals surface area contributed by atoms with Gasteiger partial charge in [-0.2, -0.15) is 9.67 Å². The fourth-order valence-corrected chi connectivity index (χ4v) is 2.41. The summed E-state index contributed by atoms with van der Waals surface area (Å²) < 4.78 is 2.59. The number of aryl methyl sites for hydroxylation is 3. The maximum Gasteiger partial charge on any atom is 0.352 e. The lowest BCUT2D eigenvalue weighted by molar-refractivity contribution is -0.608. The number of benzene rings is 1. The van der Waals surface area contributed by atoms with Crippen LogP contribution >= 0.6 is 0 Å². The molecule has 0 saturated heterocycles. The molecule has 2 aliphatic rings. The summed E-state index contributed by atoms with van der Waals surface area (Å²) in [7, 11) is 2.85. The highest BCUT2D eigenvalue weighted by Crippen LogP contribution is 2.08. The molecule has 3 rings (SSSR count). The van der Waals surface area contributed by atoms with Crippen LogP contribution in [0.5, 0.6) is 0 Å². The van der Waals surface area contributed by atoms with Crippen molar-refractivity contribution in [2.75, 3.05) is 0 Å². The Morgan fingerprint density at radius 3 is 2.52 bits per heavy atom. The zero-order valence-corrected chi connectivity index (χ0v) is 12.8. The van der Waals surface area contributed by atoms with E-state index in [9.17, 15) is 14.8 Å². The molecule has 8 nitrogen and oxygen atoms in total. The van der Waals surface area contributed by atoms with E-state index in [4.69, 9.17) is 0 Å². The lowest BCUT2D eigenvalue weighted by Crippen LogP contribution is -2.48. The molecule has 0 N–H and O–H groups in total. The quantitative estimate of drug-likeness (QED) is 0.475. The molecule has 0 amide bonds. The first-order valence-corrected chi connectivity index (χ1v) is 7.09. The van der Waals surface area contributed by atoms with Crippen molar-refractivity contribution in [1.29, 1.82) is 0 Å². The van der Waals surface area contributed by atoms with Gasteiger partial charge in [-0.1, -0.05) is 30.3 Å². The van der Waals surface area contributed by atoms with Crippen molar-refractivity contribution in [2.24, 2.45) is 14.1 Å². The Hall–Kier alpha value is -3.03. The third-order valence-corrected chi connectivity index (χ3v) is 3.70. The van der Waals surface area contributed by atoms with Crippen LogP contribution in [0.15, 0.2) is 39.9 Å². The number of fused-ring (bicyclic) bond motifs is 1. The van der Waals surface area contributed by atoms with Crippen LogP contribution in [0.1, 0.15) is 11.4 Å². The van der Waals surface area contributed by atoms with Crippen molar-refractivity contribution in [3.05, 3.63) is 67.8 Å². The molecule has 0 unspecified atom stereocenters. The van der Waals surface area contributed by atoms with E-state index in [1.165, 1.54) is 11.7 Å². The van der Waals surface area contributed by atoms with Crippen molar-refractivity contribution in [2.45, 2.75) is 12.8 Å². The van der Waals surface area contributed by atoms with Gasteiger partial charge in [0.25, 0.3) is 0 Å². The minimum absolute atomic E-state index is 0.0171. The van der Waals surface area contributed by atoms with E-state index in [0.717, 1.165) is 10.1 Å². The van der Waals surface area contributed by atoms with Gasteiger partial charge in [-0.3, -0.25) is 9.36 Å². The summed E-state index contributed by atoms with van der Waals surface area (Å²) in [5.74, 6) is 0.193. The van der Waals surface area contributed by atoms with Crippen LogP contribution in [-0.4, -0.2) is 19.3 Å². The largest absolute Gasteiger partial charge is 0.710 e. The normalized spacial score (nSPS) is 11.0. The SMILES string of the molecule is Cn1nc(CCc2ccccc2)[n+]([O-])c2c(=O)n(C)c(=O)nc1-2. The molecule has 0 spiro atoms. The van der Waals surface area contributed by atoms with Crippen molar-refractivity contribution < 1.29 is 4.73 Å². The highest BCUT2D eigenvalue weighted by atomic mass is 16.5. The van der Waals surface area contributed by atoms with Gasteiger partial charge < -0.3 is 5.21 Å². The first-order chi connectivity index (χ1) is 11.0. The molecule has 0 atom stereocenters. The van der Waals surface area contributed by atoms with Gasteiger partial charge in [0.15, 0.2) is 0 Å². The van der Waals surface area contributed by atoms with Crippen LogP contribution in [0.3, 0.4) is 0 Å². The molecule has 0 radical (unpaired) electrons. The fourth-order valence-electron chi connectivity index (χ4n) is 2.41. The Morgan fingerprint density at radius 1 is 1.13 bits per heavy atom. The minimum Gasteiger partial charge on any atom is -0.710 e. The van der Waals surface area contributed by atoms with Gasteiger partial charge in [0.1, 0.15) is 0 Å². The zero-order chi connectivity index (χ0) is 16.6. The number of aromatic nitrogens is 5. The molecular weight excluding hydrogens is 298 g/mol. The standard InChI is InChI=1S/C15H15N5O3/c1-18-14(21)12-13(16-15(18)22)19(2)17-11(20(12)23)9-8-10-6-4-3-5-7-10/h3-7H,8-9H2,1-2H3. The highest BCUT2D eigenvalue weighted by molar-refractivity contribution is 5.43. The molecule has 118 valence electrons. The summed E-state index contributed by atoms with van der Waals surface area (Å²) in [4.78, 5) is 27.6. The van der Waals surface area contributed by atoms with Crippen LogP contribution in [0.2, 0.25) is 0 Å². The topological polar surface area (TPSA) is 96.7 Å². The second-order valence-corrected chi connectivity index (χ2v) is 5.25. The van der Waals surface area contributed by atoms with E-state index in [0.29, 0.717) is 17.6 Å². The predicted molar refractivity (Wildman–Crippen MR) is 81.9 cm³/mol. The van der Waals surface area contributed by atoms with E-state index < -0.39 is 11.2 Å². The summed E-state index contributed by atoms with van der Waals surface area (Å²) in [5.41, 5.74) is -0.489. The zero-order valence-electron chi connectivity index (χ0n) is 12.8. The molecule has 0 saturated carbocycles. The maximum absolute atomic E-state index is 12.5. The first-order valence-electron chi connectivity index (χ1n) is 7.09. The molecule has 0 bridgehead atoms. The van der Waals surface area contributed by atoms with Crippen molar-refractivity contribution in [3.8, 4) is 11.5 Å². The molecule has 0 aliphatic carbocycles. The van der Waals surface area contributed by atoms with Gasteiger partial charge in [-0.05, 0) is 12.0 Å². The Bertz CT molecular complexity index is 946. The molecule has 2 aliphatic heterocycles. The number of nitrogens with zero attached hydrogens (tertiary/aromatic N) is 5. The lowest BCUT2D eigenvalue weighted by atomic mass is 10.1. The summed E-state index contributed by atoms with van der Waals surface area (Å²) in [6, 6.07) is 9.68. The molecule has 1 aromatic carbocycles. The van der Waals surface area contributed by atoms with Crippen molar-refractivity contribution >= 4 is 0 Å². The van der Waals surface area contributed by atoms with Crippen LogP contribution in [0.4, 0.5) is 0 Å². The van der Waals surface area contributed by atoms with Gasteiger partial charge in [0.2, 0.25) is 11.5 Å². The molecule has 23 heavy (non-hydrogen) atoms. The Balaban J connectivity index is 2.09. The van der Waals surface area contributed by atoms with Crippen molar-refractivity contribution in [3.63, 3.8) is 0 Å².